The standard InChI is InChI=1S/C18H18N4O4/c1-13-5-3-7-15(9-13)19-11-17(21(23)24)18(22(25)26)12-20-16-8-4-6-14(2)10-16/h3-12,19-20H,1-2H3/b17-11-,18-12+. The number of hydrogen-bond donors (Lipinski definition) is 2. The molecule has 0 aliphatic heterocycles. The Morgan fingerprint density at radius 2 is 1.19 bits per heavy atom. The van der Waals surface area contributed by atoms with Crippen LogP contribution in [-0.2, 0) is 0 Å². The molecule has 2 aromatic rings. The van der Waals surface area contributed by atoms with Crippen LogP contribution in [0.4, 0.5) is 11.4 Å². The van der Waals surface area contributed by atoms with Crippen molar-refractivity contribution < 1.29 is 9.85 Å². The summed E-state index contributed by atoms with van der Waals surface area (Å²) in [7, 11) is 0. The van der Waals surface area contributed by atoms with E-state index in [1.807, 2.05) is 26.0 Å². The van der Waals surface area contributed by atoms with Crippen molar-refractivity contribution in [2.45, 2.75) is 13.8 Å². The van der Waals surface area contributed by atoms with E-state index >= 15 is 0 Å². The van der Waals surface area contributed by atoms with Crippen LogP contribution < -0.4 is 10.6 Å². The highest BCUT2D eigenvalue weighted by Gasteiger charge is 2.29. The summed E-state index contributed by atoms with van der Waals surface area (Å²) in [6.07, 6.45) is 2.03. The van der Waals surface area contributed by atoms with E-state index in [4.69, 9.17) is 0 Å². The van der Waals surface area contributed by atoms with Gasteiger partial charge in [-0.05, 0) is 49.2 Å². The minimum atomic E-state index is -0.796. The third-order valence-corrected chi connectivity index (χ3v) is 3.44. The summed E-state index contributed by atoms with van der Waals surface area (Å²) in [5.41, 5.74) is 1.79. The summed E-state index contributed by atoms with van der Waals surface area (Å²) < 4.78 is 0. The molecule has 8 nitrogen and oxygen atoms in total. The summed E-state index contributed by atoms with van der Waals surface area (Å²) in [4.78, 5) is 21.1. The van der Waals surface area contributed by atoms with E-state index in [9.17, 15) is 20.2 Å². The smallest absolute Gasteiger partial charge is 0.356 e. The zero-order chi connectivity index (χ0) is 19.1. The van der Waals surface area contributed by atoms with E-state index in [-0.39, 0.29) is 0 Å². The molecule has 2 rings (SSSR count). The Balaban J connectivity index is 2.30. The summed E-state index contributed by atoms with van der Waals surface area (Å²) in [5, 5.41) is 28.1. The Morgan fingerprint density at radius 1 is 0.808 bits per heavy atom. The molecule has 0 saturated carbocycles. The van der Waals surface area contributed by atoms with Gasteiger partial charge >= 0.3 is 11.4 Å². The van der Waals surface area contributed by atoms with E-state index in [1.54, 1.807) is 36.4 Å². The zero-order valence-corrected chi connectivity index (χ0v) is 14.3. The molecule has 0 spiro atoms. The number of benzene rings is 2. The Morgan fingerprint density at radius 3 is 1.50 bits per heavy atom. The van der Waals surface area contributed by atoms with Crippen LogP contribution in [0.25, 0.3) is 0 Å². The third kappa shape index (κ3) is 5.17. The second kappa shape index (κ2) is 8.43. The van der Waals surface area contributed by atoms with Gasteiger partial charge in [0, 0.05) is 11.4 Å². The van der Waals surface area contributed by atoms with Gasteiger partial charge < -0.3 is 10.6 Å². The third-order valence-electron chi connectivity index (χ3n) is 3.44. The van der Waals surface area contributed by atoms with Crippen molar-refractivity contribution >= 4 is 11.4 Å². The second-order valence-corrected chi connectivity index (χ2v) is 5.60. The molecule has 0 aliphatic rings. The molecule has 2 N–H and O–H groups in total. The molecular weight excluding hydrogens is 336 g/mol. The SMILES string of the molecule is Cc1cccc(N/C=C(/C(=C\Nc2cccc(C)c2)[N+](=O)[O-])[N+](=O)[O-])c1. The lowest BCUT2D eigenvalue weighted by atomic mass is 10.2. The number of nitro groups is 2. The molecule has 0 fully saturated rings. The van der Waals surface area contributed by atoms with Crippen molar-refractivity contribution in [3.63, 3.8) is 0 Å². The van der Waals surface area contributed by atoms with Gasteiger partial charge in [-0.25, -0.2) is 0 Å². The second-order valence-electron chi connectivity index (χ2n) is 5.60. The van der Waals surface area contributed by atoms with Crippen molar-refractivity contribution in [3.8, 4) is 0 Å². The molecule has 134 valence electrons. The summed E-state index contributed by atoms with van der Waals surface area (Å²) in [5.74, 6) is 0. The lowest BCUT2D eigenvalue weighted by Crippen LogP contribution is -2.13. The van der Waals surface area contributed by atoms with E-state index < -0.39 is 21.2 Å². The molecule has 2 aromatic carbocycles. The normalized spacial score (nSPS) is 11.8. The highest BCUT2D eigenvalue weighted by molar-refractivity contribution is 5.50. The lowest BCUT2D eigenvalue weighted by Gasteiger charge is -2.04. The van der Waals surface area contributed by atoms with Crippen molar-refractivity contribution in [1.29, 1.82) is 0 Å². The van der Waals surface area contributed by atoms with Gasteiger partial charge in [-0.2, -0.15) is 0 Å². The number of nitrogens with zero attached hydrogens (tertiary/aromatic N) is 2. The van der Waals surface area contributed by atoms with Crippen molar-refractivity contribution in [2.24, 2.45) is 0 Å². The highest BCUT2D eigenvalue weighted by atomic mass is 16.6. The average molecular weight is 354 g/mol. The molecule has 26 heavy (non-hydrogen) atoms. The fraction of sp³-hybridized carbons (Fsp3) is 0.111. The molecule has 0 aliphatic carbocycles. The lowest BCUT2D eigenvalue weighted by molar-refractivity contribution is -0.479. The van der Waals surface area contributed by atoms with Crippen molar-refractivity contribution in [2.75, 3.05) is 10.6 Å². The molecule has 0 bridgehead atoms. The van der Waals surface area contributed by atoms with Gasteiger partial charge in [-0.3, -0.25) is 20.2 Å². The zero-order valence-electron chi connectivity index (χ0n) is 14.3. The van der Waals surface area contributed by atoms with Gasteiger partial charge in [0.15, 0.2) is 0 Å². The van der Waals surface area contributed by atoms with Gasteiger partial charge in [-0.1, -0.05) is 24.3 Å². The topological polar surface area (TPSA) is 110 Å². The quantitative estimate of drug-likeness (QED) is 0.441. The molecule has 0 heterocycles. The first kappa shape index (κ1) is 18.7. The first-order valence-electron chi connectivity index (χ1n) is 7.72. The average Bonchev–Trinajstić information content (AvgIpc) is 2.57. The van der Waals surface area contributed by atoms with E-state index in [0.717, 1.165) is 23.5 Å². The van der Waals surface area contributed by atoms with Crippen LogP contribution in [0.3, 0.4) is 0 Å². The molecule has 0 atom stereocenters. The van der Waals surface area contributed by atoms with Crippen molar-refractivity contribution in [3.05, 3.63) is 104 Å². The van der Waals surface area contributed by atoms with Gasteiger partial charge in [0.25, 0.3) is 0 Å². The van der Waals surface area contributed by atoms with Gasteiger partial charge in [0.05, 0.1) is 22.2 Å². The monoisotopic (exact) mass is 354 g/mol. The maximum atomic E-state index is 11.3. The predicted octanol–water partition coefficient (Wildman–Crippen LogP) is 4.06. The molecular formula is C18H18N4O4. The molecule has 0 radical (unpaired) electrons. The highest BCUT2D eigenvalue weighted by Crippen LogP contribution is 2.16. The van der Waals surface area contributed by atoms with Crippen LogP contribution in [0.15, 0.2) is 72.3 Å². The molecule has 8 heteroatoms. The fourth-order valence-electron chi connectivity index (χ4n) is 2.21. The predicted molar refractivity (Wildman–Crippen MR) is 99.8 cm³/mol. The fourth-order valence-corrected chi connectivity index (χ4v) is 2.21. The summed E-state index contributed by atoms with van der Waals surface area (Å²) in [6.45, 7) is 3.74. The van der Waals surface area contributed by atoms with Crippen molar-refractivity contribution in [1.82, 2.24) is 0 Å². The Bertz CT molecular complexity index is 817. The van der Waals surface area contributed by atoms with Gasteiger partial charge in [0.2, 0.25) is 0 Å². The number of nitrogens with one attached hydrogen (secondary N) is 2. The maximum absolute atomic E-state index is 11.3. The Hall–Kier alpha value is -3.68. The van der Waals surface area contributed by atoms with Gasteiger partial charge in [-0.15, -0.1) is 0 Å². The Kier molecular flexibility index (Phi) is 6.05. The number of hydrogen-bond acceptors (Lipinski definition) is 6. The molecule has 0 unspecified atom stereocenters. The number of anilines is 2. The summed E-state index contributed by atoms with van der Waals surface area (Å²) in [6, 6.07) is 14.3. The number of aryl methyl sites for hydroxylation is 2. The molecule has 0 aromatic heterocycles. The van der Waals surface area contributed by atoms with Crippen LogP contribution in [0.1, 0.15) is 11.1 Å². The van der Waals surface area contributed by atoms with Crippen LogP contribution in [0, 0.1) is 34.1 Å². The molecule has 0 amide bonds. The number of rotatable bonds is 7. The summed E-state index contributed by atoms with van der Waals surface area (Å²) >= 11 is 0. The van der Waals surface area contributed by atoms with Crippen LogP contribution in [-0.4, -0.2) is 9.85 Å². The molecule has 0 saturated heterocycles. The first-order chi connectivity index (χ1) is 12.4. The van der Waals surface area contributed by atoms with Gasteiger partial charge in [0.1, 0.15) is 0 Å². The van der Waals surface area contributed by atoms with Crippen LogP contribution in [0.5, 0.6) is 0 Å². The van der Waals surface area contributed by atoms with E-state index in [2.05, 4.69) is 10.6 Å². The van der Waals surface area contributed by atoms with Crippen LogP contribution >= 0.6 is 0 Å². The minimum Gasteiger partial charge on any atom is -0.356 e. The van der Waals surface area contributed by atoms with E-state index in [1.165, 1.54) is 0 Å². The van der Waals surface area contributed by atoms with Crippen LogP contribution in [0.2, 0.25) is 0 Å². The minimum absolute atomic E-state index is 0.596. The largest absolute Gasteiger partial charge is 0.363 e. The van der Waals surface area contributed by atoms with E-state index in [0.29, 0.717) is 11.4 Å². The first-order valence-corrected chi connectivity index (χ1v) is 7.72. The Labute approximate surface area is 150 Å². The maximum Gasteiger partial charge on any atom is 0.363 e.